The summed E-state index contributed by atoms with van der Waals surface area (Å²) >= 11 is 0. The van der Waals surface area contributed by atoms with Crippen LogP contribution in [-0.4, -0.2) is 26.9 Å². The van der Waals surface area contributed by atoms with Crippen molar-refractivity contribution >= 4 is 21.6 Å². The van der Waals surface area contributed by atoms with Gasteiger partial charge in [0.2, 0.25) is 5.91 Å². The number of fused-ring (bicyclic) bond motifs is 2. The molecule has 1 N–H and O–H groups in total. The molecule has 0 aromatic heterocycles. The van der Waals surface area contributed by atoms with E-state index in [1.54, 1.807) is 6.07 Å². The van der Waals surface area contributed by atoms with Crippen LogP contribution in [0, 0.1) is 11.8 Å². The smallest absolute Gasteiger partial charge is 0.352 e. The fourth-order valence-corrected chi connectivity index (χ4v) is 6.11. The molecule has 5 nitrogen and oxygen atoms in total. The van der Waals surface area contributed by atoms with Gasteiger partial charge in [-0.2, -0.15) is 13.2 Å². The Balaban J connectivity index is 1.64. The molecule has 0 spiro atoms. The van der Waals surface area contributed by atoms with Gasteiger partial charge < -0.3 is 5.32 Å². The SMILES string of the molecule is O=C(CN(c1cccc(C(F)(F)F)c1)S(=O)(=O)c1ccccc1)N[C@H]1C[C@@H]2CC[C@@H]1C2. The Morgan fingerprint density at radius 1 is 1.03 bits per heavy atom. The van der Waals surface area contributed by atoms with Gasteiger partial charge in [-0.15, -0.1) is 0 Å². The highest BCUT2D eigenvalue weighted by molar-refractivity contribution is 7.92. The van der Waals surface area contributed by atoms with Gasteiger partial charge in [-0.05, 0) is 61.4 Å². The molecule has 4 rings (SSSR count). The first-order valence-electron chi connectivity index (χ1n) is 10.2. The molecule has 0 aliphatic heterocycles. The third-order valence-electron chi connectivity index (χ3n) is 6.16. The van der Waals surface area contributed by atoms with Gasteiger partial charge in [0.1, 0.15) is 6.54 Å². The van der Waals surface area contributed by atoms with Crippen molar-refractivity contribution in [2.45, 2.75) is 42.8 Å². The Morgan fingerprint density at radius 3 is 2.39 bits per heavy atom. The number of anilines is 1. The third kappa shape index (κ3) is 4.56. The van der Waals surface area contributed by atoms with Crippen LogP contribution in [0.4, 0.5) is 18.9 Å². The molecule has 2 saturated carbocycles. The highest BCUT2D eigenvalue weighted by Crippen LogP contribution is 2.44. The van der Waals surface area contributed by atoms with Crippen molar-refractivity contribution in [1.82, 2.24) is 5.32 Å². The zero-order valence-electron chi connectivity index (χ0n) is 16.7. The molecule has 3 atom stereocenters. The van der Waals surface area contributed by atoms with Crippen LogP contribution in [-0.2, 0) is 21.0 Å². The topological polar surface area (TPSA) is 66.5 Å². The fourth-order valence-electron chi connectivity index (χ4n) is 4.68. The minimum Gasteiger partial charge on any atom is -0.352 e. The number of carbonyl (C=O) groups excluding carboxylic acids is 1. The third-order valence-corrected chi connectivity index (χ3v) is 7.95. The van der Waals surface area contributed by atoms with Gasteiger partial charge in [-0.1, -0.05) is 30.7 Å². The van der Waals surface area contributed by atoms with Crippen LogP contribution in [0.1, 0.15) is 31.2 Å². The minimum atomic E-state index is -4.64. The number of rotatable bonds is 6. The zero-order valence-corrected chi connectivity index (χ0v) is 17.5. The van der Waals surface area contributed by atoms with Crippen molar-refractivity contribution in [3.8, 4) is 0 Å². The van der Waals surface area contributed by atoms with E-state index < -0.39 is 34.2 Å². The van der Waals surface area contributed by atoms with E-state index in [0.717, 1.165) is 48.2 Å². The maximum absolute atomic E-state index is 13.3. The predicted molar refractivity (Wildman–Crippen MR) is 110 cm³/mol. The highest BCUT2D eigenvalue weighted by atomic mass is 32.2. The second-order valence-corrected chi connectivity index (χ2v) is 10.1. The molecule has 2 fully saturated rings. The largest absolute Gasteiger partial charge is 0.416 e. The molecule has 2 bridgehead atoms. The summed E-state index contributed by atoms with van der Waals surface area (Å²) < 4.78 is 66.9. The summed E-state index contributed by atoms with van der Waals surface area (Å²) in [6, 6.07) is 11.4. The van der Waals surface area contributed by atoms with E-state index >= 15 is 0 Å². The molecule has 1 amide bonds. The Hall–Kier alpha value is -2.55. The van der Waals surface area contributed by atoms with Crippen LogP contribution >= 0.6 is 0 Å². The molecule has 166 valence electrons. The number of hydrogen-bond acceptors (Lipinski definition) is 3. The lowest BCUT2D eigenvalue weighted by Gasteiger charge is -2.27. The number of hydrogen-bond donors (Lipinski definition) is 1. The van der Waals surface area contributed by atoms with Crippen LogP contribution in [0.2, 0.25) is 0 Å². The fraction of sp³-hybridized carbons (Fsp3) is 0.409. The van der Waals surface area contributed by atoms with Crippen LogP contribution in [0.25, 0.3) is 0 Å². The number of nitrogens with one attached hydrogen (secondary N) is 1. The molecule has 0 heterocycles. The Bertz CT molecular complexity index is 1060. The van der Waals surface area contributed by atoms with E-state index in [9.17, 15) is 26.4 Å². The number of halogens is 3. The van der Waals surface area contributed by atoms with E-state index in [0.29, 0.717) is 11.8 Å². The summed E-state index contributed by atoms with van der Waals surface area (Å²) in [7, 11) is -4.25. The summed E-state index contributed by atoms with van der Waals surface area (Å²) in [6.07, 6.45) is -0.523. The van der Waals surface area contributed by atoms with Crippen LogP contribution < -0.4 is 9.62 Å². The number of sulfonamides is 1. The maximum Gasteiger partial charge on any atom is 0.416 e. The molecular formula is C22H23F3N2O3S. The Kier molecular flexibility index (Phi) is 5.72. The molecule has 9 heteroatoms. The number of carbonyl (C=O) groups is 1. The van der Waals surface area contributed by atoms with Crippen LogP contribution in [0.15, 0.2) is 59.5 Å². The summed E-state index contributed by atoms with van der Waals surface area (Å²) in [4.78, 5) is 12.7. The maximum atomic E-state index is 13.3. The van der Waals surface area contributed by atoms with Crippen molar-refractivity contribution in [1.29, 1.82) is 0 Å². The van der Waals surface area contributed by atoms with Gasteiger partial charge in [0, 0.05) is 6.04 Å². The van der Waals surface area contributed by atoms with Crippen molar-refractivity contribution < 1.29 is 26.4 Å². The van der Waals surface area contributed by atoms with Gasteiger partial charge in [-0.25, -0.2) is 8.42 Å². The predicted octanol–water partition coefficient (Wildman–Crippen LogP) is 4.21. The summed E-state index contributed by atoms with van der Waals surface area (Å²) in [6.45, 7) is -0.591. The first kappa shape index (κ1) is 21.7. The number of alkyl halides is 3. The van der Waals surface area contributed by atoms with E-state index in [1.807, 2.05) is 0 Å². The standard InChI is InChI=1S/C22H23F3N2O3S/c23-22(24,25)17-5-4-6-18(13-17)27(31(29,30)19-7-2-1-3-8-19)14-21(28)26-20-12-15-9-10-16(20)11-15/h1-8,13,15-16,20H,9-12,14H2,(H,26,28)/t15-,16-,20+/m1/s1. The molecule has 2 aromatic carbocycles. The first-order valence-corrected chi connectivity index (χ1v) is 11.6. The Labute approximate surface area is 179 Å². The number of nitrogens with zero attached hydrogens (tertiary/aromatic N) is 1. The summed E-state index contributed by atoms with van der Waals surface area (Å²) in [5, 5.41) is 2.91. The summed E-state index contributed by atoms with van der Waals surface area (Å²) in [5.41, 5.74) is -1.19. The second-order valence-electron chi connectivity index (χ2n) is 8.22. The molecule has 2 aliphatic rings. The molecule has 0 radical (unpaired) electrons. The van der Waals surface area contributed by atoms with Crippen molar-refractivity contribution in [2.24, 2.45) is 11.8 Å². The van der Waals surface area contributed by atoms with Crippen molar-refractivity contribution in [3.63, 3.8) is 0 Å². The molecule has 0 saturated heterocycles. The Morgan fingerprint density at radius 2 is 1.77 bits per heavy atom. The lowest BCUT2D eigenvalue weighted by Crippen LogP contribution is -2.46. The van der Waals surface area contributed by atoms with Gasteiger partial charge in [0.15, 0.2) is 0 Å². The molecule has 2 aromatic rings. The lowest BCUT2D eigenvalue weighted by atomic mass is 9.95. The molecule has 2 aliphatic carbocycles. The molecule has 0 unspecified atom stereocenters. The van der Waals surface area contributed by atoms with E-state index in [-0.39, 0.29) is 16.6 Å². The average molecular weight is 452 g/mol. The highest BCUT2D eigenvalue weighted by Gasteiger charge is 2.40. The first-order chi connectivity index (χ1) is 14.6. The lowest BCUT2D eigenvalue weighted by molar-refractivity contribution is -0.137. The summed E-state index contributed by atoms with van der Waals surface area (Å²) in [5.74, 6) is 0.457. The number of benzene rings is 2. The average Bonchev–Trinajstić information content (AvgIpc) is 3.35. The van der Waals surface area contributed by atoms with E-state index in [1.165, 1.54) is 30.3 Å². The monoisotopic (exact) mass is 452 g/mol. The molecule has 31 heavy (non-hydrogen) atoms. The van der Waals surface area contributed by atoms with Crippen LogP contribution in [0.3, 0.4) is 0 Å². The molecular weight excluding hydrogens is 429 g/mol. The van der Waals surface area contributed by atoms with Gasteiger partial charge in [0.05, 0.1) is 16.1 Å². The minimum absolute atomic E-state index is 0.00552. The second kappa shape index (κ2) is 8.18. The van der Waals surface area contributed by atoms with Gasteiger partial charge >= 0.3 is 6.18 Å². The van der Waals surface area contributed by atoms with Crippen molar-refractivity contribution in [2.75, 3.05) is 10.8 Å². The van der Waals surface area contributed by atoms with Crippen molar-refractivity contribution in [3.05, 3.63) is 60.2 Å². The quantitative estimate of drug-likeness (QED) is 0.714. The normalized spacial score (nSPS) is 23.0. The zero-order chi connectivity index (χ0) is 22.2. The van der Waals surface area contributed by atoms with Gasteiger partial charge in [0.25, 0.3) is 10.0 Å². The van der Waals surface area contributed by atoms with E-state index in [4.69, 9.17) is 0 Å². The van der Waals surface area contributed by atoms with Crippen LogP contribution in [0.5, 0.6) is 0 Å². The van der Waals surface area contributed by atoms with E-state index in [2.05, 4.69) is 5.32 Å². The van der Waals surface area contributed by atoms with Gasteiger partial charge in [-0.3, -0.25) is 9.10 Å². The number of amides is 1.